The lowest BCUT2D eigenvalue weighted by Crippen LogP contribution is -2.46. The molecule has 1 saturated heterocycles. The van der Waals surface area contributed by atoms with Crippen molar-refractivity contribution in [3.63, 3.8) is 0 Å². The third kappa shape index (κ3) is 3.32. The lowest BCUT2D eigenvalue weighted by Gasteiger charge is -2.38. The van der Waals surface area contributed by atoms with Crippen molar-refractivity contribution in [2.45, 2.75) is 28.0 Å². The van der Waals surface area contributed by atoms with Crippen molar-refractivity contribution < 1.29 is 14.3 Å². The monoisotopic (exact) mass is 345 g/mol. The first-order valence-corrected chi connectivity index (χ1v) is 8.78. The standard InChI is InChI=1S/C19H20FNO2S/c1-21-12-10-19(11-13-21,18(22)23)16-4-2-3-5-17(16)24-15-8-6-14(20)7-9-15/h2-9H,10-13H2,1H3,(H,22,23). The van der Waals surface area contributed by atoms with Gasteiger partial charge in [-0.25, -0.2) is 4.39 Å². The SMILES string of the molecule is CN1CCC(C(=O)O)(c2ccccc2Sc2ccc(F)cc2)CC1. The van der Waals surface area contributed by atoms with Gasteiger partial charge in [0, 0.05) is 9.79 Å². The van der Waals surface area contributed by atoms with Crippen LogP contribution in [0.5, 0.6) is 0 Å². The number of hydrogen-bond acceptors (Lipinski definition) is 3. The highest BCUT2D eigenvalue weighted by molar-refractivity contribution is 7.99. The summed E-state index contributed by atoms with van der Waals surface area (Å²) in [6, 6.07) is 14.0. The molecule has 0 aromatic heterocycles. The second kappa shape index (κ2) is 6.95. The fourth-order valence-electron chi connectivity index (χ4n) is 3.18. The van der Waals surface area contributed by atoms with Gasteiger partial charge < -0.3 is 10.0 Å². The molecule has 24 heavy (non-hydrogen) atoms. The third-order valence-electron chi connectivity index (χ3n) is 4.69. The molecule has 0 bridgehead atoms. The number of rotatable bonds is 4. The highest BCUT2D eigenvalue weighted by Gasteiger charge is 2.43. The minimum atomic E-state index is -0.851. The van der Waals surface area contributed by atoms with Gasteiger partial charge in [-0.1, -0.05) is 30.0 Å². The lowest BCUT2D eigenvalue weighted by atomic mass is 9.73. The maximum atomic E-state index is 13.1. The van der Waals surface area contributed by atoms with Gasteiger partial charge in [-0.3, -0.25) is 4.79 Å². The van der Waals surface area contributed by atoms with Crippen LogP contribution in [-0.2, 0) is 10.2 Å². The molecule has 3 rings (SSSR count). The summed E-state index contributed by atoms with van der Waals surface area (Å²) in [6.07, 6.45) is 1.19. The van der Waals surface area contributed by atoms with E-state index in [-0.39, 0.29) is 5.82 Å². The number of piperidine rings is 1. The van der Waals surface area contributed by atoms with Crippen LogP contribution in [0, 0.1) is 5.82 Å². The number of nitrogens with zero attached hydrogens (tertiary/aromatic N) is 1. The van der Waals surface area contributed by atoms with Crippen LogP contribution in [0.1, 0.15) is 18.4 Å². The molecule has 2 aromatic rings. The molecular formula is C19H20FNO2S. The van der Waals surface area contributed by atoms with E-state index in [0.29, 0.717) is 12.8 Å². The van der Waals surface area contributed by atoms with E-state index in [9.17, 15) is 14.3 Å². The zero-order valence-corrected chi connectivity index (χ0v) is 14.4. The Morgan fingerprint density at radius 3 is 2.38 bits per heavy atom. The van der Waals surface area contributed by atoms with E-state index in [1.165, 1.54) is 23.9 Å². The van der Waals surface area contributed by atoms with Gasteiger partial charge in [-0.2, -0.15) is 0 Å². The smallest absolute Gasteiger partial charge is 0.314 e. The summed E-state index contributed by atoms with van der Waals surface area (Å²) in [5.41, 5.74) is 0.00998. The summed E-state index contributed by atoms with van der Waals surface area (Å²) >= 11 is 1.49. The number of hydrogen-bond donors (Lipinski definition) is 1. The molecular weight excluding hydrogens is 325 g/mol. The number of benzene rings is 2. The Morgan fingerprint density at radius 1 is 1.12 bits per heavy atom. The van der Waals surface area contributed by atoms with E-state index in [1.807, 2.05) is 31.3 Å². The Hall–Kier alpha value is -1.85. The van der Waals surface area contributed by atoms with E-state index in [4.69, 9.17) is 0 Å². The third-order valence-corrected chi connectivity index (χ3v) is 5.78. The van der Waals surface area contributed by atoms with Crippen LogP contribution in [0.25, 0.3) is 0 Å². The molecule has 2 aromatic carbocycles. The molecule has 126 valence electrons. The second-order valence-corrected chi connectivity index (χ2v) is 7.36. The molecule has 0 unspecified atom stereocenters. The predicted octanol–water partition coefficient (Wildman–Crippen LogP) is 4.02. The minimum absolute atomic E-state index is 0.273. The van der Waals surface area contributed by atoms with Crippen molar-refractivity contribution >= 4 is 17.7 Å². The number of carbonyl (C=O) groups is 1. The molecule has 1 heterocycles. The van der Waals surface area contributed by atoms with Gasteiger partial charge in [-0.15, -0.1) is 0 Å². The first-order valence-electron chi connectivity index (χ1n) is 7.96. The van der Waals surface area contributed by atoms with Crippen LogP contribution in [0.3, 0.4) is 0 Å². The van der Waals surface area contributed by atoms with Crippen molar-refractivity contribution in [1.82, 2.24) is 4.90 Å². The van der Waals surface area contributed by atoms with Gasteiger partial charge in [0.1, 0.15) is 5.82 Å². The summed E-state index contributed by atoms with van der Waals surface area (Å²) in [7, 11) is 2.02. The molecule has 0 amide bonds. The first-order chi connectivity index (χ1) is 11.5. The van der Waals surface area contributed by atoms with Crippen molar-refractivity contribution in [3.8, 4) is 0 Å². The summed E-state index contributed by atoms with van der Waals surface area (Å²) < 4.78 is 13.1. The number of carboxylic acid groups (broad SMARTS) is 1. The van der Waals surface area contributed by atoms with E-state index >= 15 is 0 Å². The number of carboxylic acids is 1. The average Bonchev–Trinajstić information content (AvgIpc) is 2.58. The van der Waals surface area contributed by atoms with E-state index in [2.05, 4.69) is 4.90 Å². The van der Waals surface area contributed by atoms with E-state index in [1.54, 1.807) is 12.1 Å². The van der Waals surface area contributed by atoms with Crippen LogP contribution < -0.4 is 0 Å². The molecule has 1 N–H and O–H groups in total. The van der Waals surface area contributed by atoms with Gasteiger partial charge in [0.25, 0.3) is 0 Å². The van der Waals surface area contributed by atoms with Gasteiger partial charge in [-0.05, 0) is 68.9 Å². The highest BCUT2D eigenvalue weighted by Crippen LogP contribution is 2.42. The first kappa shape index (κ1) is 17.0. The highest BCUT2D eigenvalue weighted by atomic mass is 32.2. The molecule has 0 saturated carbocycles. The molecule has 0 atom stereocenters. The van der Waals surface area contributed by atoms with Gasteiger partial charge in [0.2, 0.25) is 0 Å². The fraction of sp³-hybridized carbons (Fsp3) is 0.316. The topological polar surface area (TPSA) is 40.5 Å². The lowest BCUT2D eigenvalue weighted by molar-refractivity contribution is -0.145. The van der Waals surface area contributed by atoms with E-state index < -0.39 is 11.4 Å². The normalized spacial score (nSPS) is 17.6. The Bertz CT molecular complexity index is 724. The van der Waals surface area contributed by atoms with Gasteiger partial charge >= 0.3 is 5.97 Å². The average molecular weight is 345 g/mol. The number of likely N-dealkylation sites (tertiary alicyclic amines) is 1. The minimum Gasteiger partial charge on any atom is -0.481 e. The van der Waals surface area contributed by atoms with Crippen LogP contribution in [-0.4, -0.2) is 36.1 Å². The molecule has 0 aliphatic carbocycles. The Morgan fingerprint density at radius 2 is 1.75 bits per heavy atom. The van der Waals surface area contributed by atoms with Crippen LogP contribution in [0.2, 0.25) is 0 Å². The molecule has 1 aliphatic heterocycles. The molecule has 1 fully saturated rings. The Balaban J connectivity index is 1.98. The van der Waals surface area contributed by atoms with Gasteiger partial charge in [0.15, 0.2) is 0 Å². The summed E-state index contributed by atoms with van der Waals surface area (Å²) in [6.45, 7) is 1.53. The molecule has 1 aliphatic rings. The second-order valence-electron chi connectivity index (χ2n) is 6.24. The molecule has 0 spiro atoms. The van der Waals surface area contributed by atoms with Crippen LogP contribution in [0.15, 0.2) is 58.3 Å². The summed E-state index contributed by atoms with van der Waals surface area (Å²) in [4.78, 5) is 16.1. The maximum absolute atomic E-state index is 13.1. The zero-order chi connectivity index (χ0) is 17.2. The fourth-order valence-corrected chi connectivity index (χ4v) is 4.23. The van der Waals surface area contributed by atoms with Crippen molar-refractivity contribution in [2.24, 2.45) is 0 Å². The largest absolute Gasteiger partial charge is 0.481 e. The predicted molar refractivity (Wildman–Crippen MR) is 93.0 cm³/mol. The Labute approximate surface area is 145 Å². The molecule has 3 nitrogen and oxygen atoms in total. The van der Waals surface area contributed by atoms with Crippen molar-refractivity contribution in [1.29, 1.82) is 0 Å². The quantitative estimate of drug-likeness (QED) is 0.908. The summed E-state index contributed by atoms with van der Waals surface area (Å²) in [5.74, 6) is -1.03. The summed E-state index contributed by atoms with van der Waals surface area (Å²) in [5, 5.41) is 9.98. The Kier molecular flexibility index (Phi) is 4.92. The van der Waals surface area contributed by atoms with Crippen molar-refractivity contribution in [3.05, 3.63) is 59.9 Å². The maximum Gasteiger partial charge on any atom is 0.314 e. The van der Waals surface area contributed by atoms with Crippen LogP contribution in [0.4, 0.5) is 4.39 Å². The zero-order valence-electron chi connectivity index (χ0n) is 13.5. The number of aliphatic carboxylic acids is 1. The molecule has 0 radical (unpaired) electrons. The van der Waals surface area contributed by atoms with Crippen LogP contribution >= 0.6 is 11.8 Å². The van der Waals surface area contributed by atoms with Crippen molar-refractivity contribution in [2.75, 3.05) is 20.1 Å². The number of halogens is 1. The van der Waals surface area contributed by atoms with E-state index in [0.717, 1.165) is 28.4 Å². The van der Waals surface area contributed by atoms with Gasteiger partial charge in [0.05, 0.1) is 5.41 Å². The molecule has 5 heteroatoms.